The highest BCUT2D eigenvalue weighted by atomic mass is 32.1. The summed E-state index contributed by atoms with van der Waals surface area (Å²) in [5.74, 6) is 0.412. The zero-order valence-electron chi connectivity index (χ0n) is 18.7. The molecule has 5 rings (SSSR count). The molecule has 0 saturated heterocycles. The topological polar surface area (TPSA) is 83.0 Å². The summed E-state index contributed by atoms with van der Waals surface area (Å²) in [7, 11) is 1.38. The van der Waals surface area contributed by atoms with Crippen LogP contribution in [0.25, 0.3) is 33.3 Å². The second kappa shape index (κ2) is 8.29. The Morgan fingerprint density at radius 3 is 2.52 bits per heavy atom. The summed E-state index contributed by atoms with van der Waals surface area (Å²) in [5, 5.41) is 5.13. The van der Waals surface area contributed by atoms with E-state index in [1.54, 1.807) is 23.5 Å². The first-order valence-electron chi connectivity index (χ1n) is 10.5. The maximum atomic E-state index is 11.8. The molecule has 0 N–H and O–H groups in total. The summed E-state index contributed by atoms with van der Waals surface area (Å²) in [6.07, 6.45) is 5.89. The van der Waals surface area contributed by atoms with Gasteiger partial charge in [-0.3, -0.25) is 4.98 Å². The molecule has 4 heterocycles. The normalized spacial score (nSPS) is 11.3. The Balaban J connectivity index is 1.66. The molecule has 0 amide bonds. The van der Waals surface area contributed by atoms with E-state index in [0.29, 0.717) is 12.1 Å². The number of aromatic nitrogens is 4. The van der Waals surface area contributed by atoms with E-state index >= 15 is 0 Å². The zero-order valence-corrected chi connectivity index (χ0v) is 19.6. The minimum Gasteiger partial charge on any atom is -0.465 e. The van der Waals surface area contributed by atoms with Crippen molar-refractivity contribution in [1.29, 1.82) is 0 Å². The van der Waals surface area contributed by atoms with E-state index in [1.165, 1.54) is 12.0 Å². The van der Waals surface area contributed by atoms with E-state index in [-0.39, 0.29) is 5.97 Å². The van der Waals surface area contributed by atoms with Crippen LogP contribution >= 0.6 is 11.3 Å². The Labute approximate surface area is 194 Å². The molecular formula is C25H22N4O3S. The highest BCUT2D eigenvalue weighted by Crippen LogP contribution is 2.34. The zero-order chi connectivity index (χ0) is 23.1. The Bertz CT molecular complexity index is 1460. The third kappa shape index (κ3) is 3.82. The molecule has 8 heteroatoms. The molecule has 5 aromatic rings. The fraction of sp³-hybridized carbons (Fsp3) is 0.200. The number of pyridine rings is 1. The van der Waals surface area contributed by atoms with Crippen molar-refractivity contribution >= 4 is 28.3 Å². The summed E-state index contributed by atoms with van der Waals surface area (Å²) >= 11 is 1.68. The van der Waals surface area contributed by atoms with Crippen molar-refractivity contribution in [2.24, 2.45) is 0 Å². The van der Waals surface area contributed by atoms with Crippen molar-refractivity contribution in [2.45, 2.75) is 27.3 Å². The van der Waals surface area contributed by atoms with E-state index < -0.39 is 0 Å². The molecular weight excluding hydrogens is 436 g/mol. The van der Waals surface area contributed by atoms with E-state index in [4.69, 9.17) is 14.2 Å². The number of fused-ring (bicyclic) bond motifs is 1. The van der Waals surface area contributed by atoms with Gasteiger partial charge in [0.1, 0.15) is 5.76 Å². The predicted octanol–water partition coefficient (Wildman–Crippen LogP) is 5.57. The van der Waals surface area contributed by atoms with Gasteiger partial charge in [0, 0.05) is 40.2 Å². The lowest BCUT2D eigenvalue weighted by atomic mass is 10.0. The van der Waals surface area contributed by atoms with Crippen LogP contribution in [-0.4, -0.2) is 32.8 Å². The number of carbonyl (C=O) groups is 1. The minimum absolute atomic E-state index is 0.355. The predicted molar refractivity (Wildman–Crippen MR) is 127 cm³/mol. The molecule has 0 atom stereocenters. The summed E-state index contributed by atoms with van der Waals surface area (Å²) < 4.78 is 12.4. The number of methoxy groups -OCH3 is 1. The Morgan fingerprint density at radius 1 is 1.09 bits per heavy atom. The van der Waals surface area contributed by atoms with Crippen molar-refractivity contribution in [1.82, 2.24) is 19.7 Å². The fourth-order valence-corrected chi connectivity index (χ4v) is 4.88. The molecule has 166 valence electrons. The molecule has 7 nitrogen and oxygen atoms in total. The van der Waals surface area contributed by atoms with Crippen LogP contribution in [0.15, 0.2) is 53.4 Å². The largest absolute Gasteiger partial charge is 0.465 e. The number of rotatable bonds is 5. The van der Waals surface area contributed by atoms with Crippen molar-refractivity contribution < 1.29 is 14.1 Å². The van der Waals surface area contributed by atoms with Gasteiger partial charge in [0.15, 0.2) is 0 Å². The van der Waals surface area contributed by atoms with Crippen LogP contribution in [0, 0.1) is 20.8 Å². The molecule has 0 aliphatic rings. The Morgan fingerprint density at radius 2 is 1.88 bits per heavy atom. The lowest BCUT2D eigenvalue weighted by molar-refractivity contribution is 0.0600. The first kappa shape index (κ1) is 21.1. The number of ether oxygens (including phenoxy) is 1. The highest BCUT2D eigenvalue weighted by Gasteiger charge is 2.18. The van der Waals surface area contributed by atoms with Crippen LogP contribution in [-0.2, 0) is 11.3 Å². The SMILES string of the molecule is COC(=O)c1ccc(-c2cn(Cc3cnc(C)s3)c3cc(-c4c(C)noc4C)cnc23)cc1. The lowest BCUT2D eigenvalue weighted by Gasteiger charge is -2.05. The van der Waals surface area contributed by atoms with Crippen LogP contribution in [0.5, 0.6) is 0 Å². The van der Waals surface area contributed by atoms with Crippen LogP contribution < -0.4 is 0 Å². The molecule has 0 radical (unpaired) electrons. The molecule has 33 heavy (non-hydrogen) atoms. The minimum atomic E-state index is -0.355. The molecule has 0 fully saturated rings. The molecule has 0 aliphatic carbocycles. The number of hydrogen-bond donors (Lipinski definition) is 0. The van der Waals surface area contributed by atoms with Gasteiger partial charge in [-0.05, 0) is 44.5 Å². The Kier molecular flexibility index (Phi) is 5.30. The number of hydrogen-bond acceptors (Lipinski definition) is 7. The number of aryl methyl sites for hydroxylation is 3. The highest BCUT2D eigenvalue weighted by molar-refractivity contribution is 7.11. The van der Waals surface area contributed by atoms with Gasteiger partial charge in [-0.15, -0.1) is 11.3 Å². The summed E-state index contributed by atoms with van der Waals surface area (Å²) in [6.45, 7) is 6.54. The van der Waals surface area contributed by atoms with Gasteiger partial charge in [-0.25, -0.2) is 9.78 Å². The van der Waals surface area contributed by atoms with Crippen molar-refractivity contribution in [3.63, 3.8) is 0 Å². The average Bonchev–Trinajstić information content (AvgIpc) is 3.50. The average molecular weight is 459 g/mol. The van der Waals surface area contributed by atoms with Gasteiger partial charge in [0.25, 0.3) is 0 Å². The molecule has 4 aromatic heterocycles. The summed E-state index contributed by atoms with van der Waals surface area (Å²) in [6, 6.07) is 9.53. The third-order valence-electron chi connectivity index (χ3n) is 5.65. The molecule has 1 aromatic carbocycles. The fourth-order valence-electron chi connectivity index (χ4n) is 4.09. The molecule has 0 saturated carbocycles. The van der Waals surface area contributed by atoms with E-state index in [2.05, 4.69) is 27.0 Å². The molecule has 0 bridgehead atoms. The third-order valence-corrected chi connectivity index (χ3v) is 6.55. The van der Waals surface area contributed by atoms with Crippen molar-refractivity contribution in [3.05, 3.63) is 75.8 Å². The van der Waals surface area contributed by atoms with Gasteiger partial charge in [-0.2, -0.15) is 0 Å². The maximum absolute atomic E-state index is 11.8. The second-order valence-corrected chi connectivity index (χ2v) is 9.20. The van der Waals surface area contributed by atoms with Crippen LogP contribution in [0.4, 0.5) is 0 Å². The summed E-state index contributed by atoms with van der Waals surface area (Å²) in [4.78, 5) is 22.2. The first-order chi connectivity index (χ1) is 15.9. The first-order valence-corrected chi connectivity index (χ1v) is 11.3. The Hall–Kier alpha value is -3.78. The molecule has 0 aliphatic heterocycles. The van der Waals surface area contributed by atoms with Crippen molar-refractivity contribution in [2.75, 3.05) is 7.11 Å². The van der Waals surface area contributed by atoms with Crippen LogP contribution in [0.2, 0.25) is 0 Å². The van der Waals surface area contributed by atoms with E-state index in [9.17, 15) is 4.79 Å². The number of esters is 1. The van der Waals surface area contributed by atoms with E-state index in [1.807, 2.05) is 45.3 Å². The maximum Gasteiger partial charge on any atom is 0.337 e. The van der Waals surface area contributed by atoms with Gasteiger partial charge in [0.05, 0.1) is 41.0 Å². The second-order valence-electron chi connectivity index (χ2n) is 7.88. The van der Waals surface area contributed by atoms with Crippen LogP contribution in [0.3, 0.4) is 0 Å². The van der Waals surface area contributed by atoms with Gasteiger partial charge in [0.2, 0.25) is 0 Å². The summed E-state index contributed by atoms with van der Waals surface area (Å²) in [5.41, 5.74) is 7.14. The van der Waals surface area contributed by atoms with Crippen LogP contribution in [0.1, 0.15) is 31.7 Å². The molecule has 0 unspecified atom stereocenters. The van der Waals surface area contributed by atoms with Gasteiger partial charge in [-0.1, -0.05) is 17.3 Å². The van der Waals surface area contributed by atoms with Gasteiger partial charge >= 0.3 is 5.97 Å². The lowest BCUT2D eigenvalue weighted by Crippen LogP contribution is -2.00. The number of nitrogens with zero attached hydrogens (tertiary/aromatic N) is 4. The standard InChI is InChI=1S/C25H22N4O3S/c1-14-23(15(2)32-28-14)19-9-22-24(27-10-19)21(13-29(22)12-20-11-26-16(3)33-20)17-5-7-18(8-6-17)25(30)31-4/h5-11,13H,12H2,1-4H3. The smallest absolute Gasteiger partial charge is 0.337 e. The molecule has 0 spiro atoms. The monoisotopic (exact) mass is 458 g/mol. The quantitative estimate of drug-likeness (QED) is 0.320. The van der Waals surface area contributed by atoms with Crippen molar-refractivity contribution in [3.8, 4) is 22.3 Å². The number of carbonyl (C=O) groups excluding carboxylic acids is 1. The van der Waals surface area contributed by atoms with E-state index in [0.717, 1.165) is 49.7 Å². The number of thiazole rings is 1. The number of benzene rings is 1. The van der Waals surface area contributed by atoms with Gasteiger partial charge < -0.3 is 13.8 Å².